The van der Waals surface area contributed by atoms with Crippen LogP contribution in [0.4, 0.5) is 11.5 Å². The zero-order valence-electron chi connectivity index (χ0n) is 20.9. The van der Waals surface area contributed by atoms with Crippen molar-refractivity contribution < 1.29 is 14.4 Å². The van der Waals surface area contributed by atoms with Gasteiger partial charge in [0.2, 0.25) is 5.91 Å². The summed E-state index contributed by atoms with van der Waals surface area (Å²) in [5.41, 5.74) is 2.68. The van der Waals surface area contributed by atoms with E-state index in [2.05, 4.69) is 25.8 Å². The van der Waals surface area contributed by atoms with Gasteiger partial charge in [0.1, 0.15) is 5.82 Å². The van der Waals surface area contributed by atoms with Crippen LogP contribution in [0.3, 0.4) is 0 Å². The first kappa shape index (κ1) is 24.8. The van der Waals surface area contributed by atoms with Crippen molar-refractivity contribution in [1.29, 1.82) is 0 Å². The number of nitrogens with zero attached hydrogens (tertiary/aromatic N) is 2. The maximum absolute atomic E-state index is 13.1. The van der Waals surface area contributed by atoms with Crippen LogP contribution in [-0.4, -0.2) is 46.5 Å². The summed E-state index contributed by atoms with van der Waals surface area (Å²) in [5.74, 6) is -0.108. The van der Waals surface area contributed by atoms with Gasteiger partial charge in [0, 0.05) is 52.7 Å². The number of carbonyl (C=O) groups is 3. The SMILES string of the molecule is CCNC(=O)c1c(NC(=O)c2ccc(-c3cn[nH]c3)s2)[nH]c2cc(N(C)C(=O)C3CCCCC3)ccc12. The topological polar surface area (TPSA) is 123 Å². The Hall–Kier alpha value is -3.92. The van der Waals surface area contributed by atoms with Gasteiger partial charge >= 0.3 is 0 Å². The molecule has 1 aromatic carbocycles. The van der Waals surface area contributed by atoms with Crippen LogP contribution in [0.5, 0.6) is 0 Å². The highest BCUT2D eigenvalue weighted by molar-refractivity contribution is 7.17. The van der Waals surface area contributed by atoms with Gasteiger partial charge in [-0.1, -0.05) is 19.3 Å². The van der Waals surface area contributed by atoms with Gasteiger partial charge in [0.25, 0.3) is 11.8 Å². The molecule has 0 aliphatic heterocycles. The van der Waals surface area contributed by atoms with E-state index in [0.717, 1.165) is 41.8 Å². The van der Waals surface area contributed by atoms with Crippen LogP contribution in [0.25, 0.3) is 21.3 Å². The summed E-state index contributed by atoms with van der Waals surface area (Å²) in [5, 5.41) is 13.1. The largest absolute Gasteiger partial charge is 0.352 e. The van der Waals surface area contributed by atoms with E-state index in [9.17, 15) is 14.4 Å². The molecule has 0 spiro atoms. The molecule has 9 nitrogen and oxygen atoms in total. The van der Waals surface area contributed by atoms with Crippen molar-refractivity contribution in [2.24, 2.45) is 5.92 Å². The Morgan fingerprint density at radius 1 is 1.11 bits per heavy atom. The van der Waals surface area contributed by atoms with Gasteiger partial charge in [0.05, 0.1) is 16.6 Å². The second kappa shape index (κ2) is 10.6. The first-order chi connectivity index (χ1) is 18.0. The Morgan fingerprint density at radius 2 is 1.92 bits per heavy atom. The van der Waals surface area contributed by atoms with E-state index in [4.69, 9.17) is 0 Å². The summed E-state index contributed by atoms with van der Waals surface area (Å²) in [7, 11) is 1.79. The monoisotopic (exact) mass is 518 g/mol. The Balaban J connectivity index is 1.44. The smallest absolute Gasteiger partial charge is 0.266 e. The van der Waals surface area contributed by atoms with Gasteiger partial charge in [-0.3, -0.25) is 19.5 Å². The molecule has 3 aromatic heterocycles. The number of H-pyrrole nitrogens is 2. The number of benzene rings is 1. The van der Waals surface area contributed by atoms with Crippen molar-refractivity contribution >= 4 is 51.5 Å². The van der Waals surface area contributed by atoms with E-state index >= 15 is 0 Å². The molecule has 0 unspecified atom stereocenters. The van der Waals surface area contributed by atoms with Gasteiger partial charge in [-0.2, -0.15) is 5.10 Å². The number of fused-ring (bicyclic) bond motifs is 1. The van der Waals surface area contributed by atoms with Crippen LogP contribution in [-0.2, 0) is 4.79 Å². The number of hydrogen-bond donors (Lipinski definition) is 4. The number of aromatic amines is 2. The fourth-order valence-electron chi connectivity index (χ4n) is 4.90. The van der Waals surface area contributed by atoms with E-state index in [1.807, 2.05) is 31.2 Å². The van der Waals surface area contributed by atoms with Crippen molar-refractivity contribution in [1.82, 2.24) is 20.5 Å². The Bertz CT molecular complexity index is 1430. The second-order valence-corrected chi connectivity index (χ2v) is 10.4. The summed E-state index contributed by atoms with van der Waals surface area (Å²) in [4.78, 5) is 45.5. The molecule has 10 heteroatoms. The van der Waals surface area contributed by atoms with E-state index in [-0.39, 0.29) is 23.6 Å². The van der Waals surface area contributed by atoms with E-state index < -0.39 is 0 Å². The molecule has 4 aromatic rings. The van der Waals surface area contributed by atoms with Crippen LogP contribution in [0.1, 0.15) is 59.1 Å². The molecule has 0 radical (unpaired) electrons. The highest BCUT2D eigenvalue weighted by Gasteiger charge is 2.26. The van der Waals surface area contributed by atoms with Crippen molar-refractivity contribution in [3.8, 4) is 10.4 Å². The van der Waals surface area contributed by atoms with Crippen molar-refractivity contribution in [2.45, 2.75) is 39.0 Å². The van der Waals surface area contributed by atoms with E-state index in [1.54, 1.807) is 30.4 Å². The minimum atomic E-state index is -0.318. The molecule has 0 atom stereocenters. The number of thiophene rings is 1. The number of carbonyl (C=O) groups excluding carboxylic acids is 3. The predicted octanol–water partition coefficient (Wildman–Crippen LogP) is 5.16. The number of nitrogens with one attached hydrogen (secondary N) is 4. The molecule has 37 heavy (non-hydrogen) atoms. The van der Waals surface area contributed by atoms with Crippen LogP contribution in [0.15, 0.2) is 42.7 Å². The summed E-state index contributed by atoms with van der Waals surface area (Å²) < 4.78 is 0. The molecule has 1 fully saturated rings. The first-order valence-electron chi connectivity index (χ1n) is 12.6. The minimum absolute atomic E-state index is 0.0524. The number of amides is 3. The molecule has 192 valence electrons. The van der Waals surface area contributed by atoms with Gasteiger partial charge in [-0.05, 0) is 50.1 Å². The molecule has 0 bridgehead atoms. The molecule has 3 amide bonds. The molecule has 0 saturated heterocycles. The Labute approximate surface area is 218 Å². The fourth-order valence-corrected chi connectivity index (χ4v) is 5.78. The van der Waals surface area contributed by atoms with Crippen molar-refractivity contribution in [3.63, 3.8) is 0 Å². The highest BCUT2D eigenvalue weighted by atomic mass is 32.1. The molecule has 4 N–H and O–H groups in total. The minimum Gasteiger partial charge on any atom is -0.352 e. The van der Waals surface area contributed by atoms with Crippen LogP contribution >= 0.6 is 11.3 Å². The fraction of sp³-hybridized carbons (Fsp3) is 0.333. The molecule has 1 aliphatic rings. The molecule has 1 saturated carbocycles. The van der Waals surface area contributed by atoms with E-state index in [1.165, 1.54) is 17.8 Å². The lowest BCUT2D eigenvalue weighted by atomic mass is 9.88. The maximum atomic E-state index is 13.1. The van der Waals surface area contributed by atoms with Crippen LogP contribution < -0.4 is 15.5 Å². The zero-order chi connectivity index (χ0) is 25.9. The Morgan fingerprint density at radius 3 is 2.65 bits per heavy atom. The lowest BCUT2D eigenvalue weighted by molar-refractivity contribution is -0.123. The number of anilines is 2. The zero-order valence-corrected chi connectivity index (χ0v) is 21.7. The van der Waals surface area contributed by atoms with Gasteiger partial charge in [0.15, 0.2) is 0 Å². The third kappa shape index (κ3) is 5.01. The lowest BCUT2D eigenvalue weighted by Gasteiger charge is -2.26. The average Bonchev–Trinajstić information content (AvgIpc) is 3.67. The predicted molar refractivity (Wildman–Crippen MR) is 146 cm³/mol. The third-order valence-electron chi connectivity index (χ3n) is 6.87. The Kier molecular flexibility index (Phi) is 7.09. The molecular weight excluding hydrogens is 488 g/mol. The van der Waals surface area contributed by atoms with Crippen molar-refractivity contribution in [3.05, 3.63) is 53.2 Å². The van der Waals surface area contributed by atoms with Gasteiger partial charge in [-0.15, -0.1) is 11.3 Å². The van der Waals surface area contributed by atoms with Crippen molar-refractivity contribution in [2.75, 3.05) is 23.8 Å². The molecule has 1 aliphatic carbocycles. The molecular formula is C27H30N6O3S. The van der Waals surface area contributed by atoms with Crippen LogP contribution in [0.2, 0.25) is 0 Å². The third-order valence-corrected chi connectivity index (χ3v) is 8.00. The molecule has 3 heterocycles. The summed E-state index contributed by atoms with van der Waals surface area (Å²) >= 11 is 1.34. The summed E-state index contributed by atoms with van der Waals surface area (Å²) in [6, 6.07) is 9.15. The number of rotatable bonds is 7. The second-order valence-electron chi connectivity index (χ2n) is 9.30. The van der Waals surface area contributed by atoms with Crippen LogP contribution in [0, 0.1) is 5.92 Å². The van der Waals surface area contributed by atoms with Gasteiger partial charge < -0.3 is 20.5 Å². The normalized spacial score (nSPS) is 14.0. The summed E-state index contributed by atoms with van der Waals surface area (Å²) in [6.07, 6.45) is 8.69. The quantitative estimate of drug-likeness (QED) is 0.270. The summed E-state index contributed by atoms with van der Waals surface area (Å²) in [6.45, 7) is 2.30. The first-order valence-corrected chi connectivity index (χ1v) is 13.4. The number of hydrogen-bond acceptors (Lipinski definition) is 5. The average molecular weight is 519 g/mol. The number of aromatic nitrogens is 3. The highest BCUT2D eigenvalue weighted by Crippen LogP contribution is 2.33. The lowest BCUT2D eigenvalue weighted by Crippen LogP contribution is -2.33. The van der Waals surface area contributed by atoms with Gasteiger partial charge in [-0.25, -0.2) is 0 Å². The van der Waals surface area contributed by atoms with E-state index in [0.29, 0.717) is 33.7 Å². The standard InChI is InChI=1S/C27H30N6O3S/c1-3-28-26(35)23-19-10-9-18(33(2)27(36)16-7-5-4-6-8-16)13-20(19)31-24(23)32-25(34)22-12-11-21(37-22)17-14-29-30-15-17/h9-16,31H,3-8H2,1-2H3,(H,28,35)(H,29,30)(H,32,34). The maximum Gasteiger partial charge on any atom is 0.266 e. The molecule has 5 rings (SSSR count).